The van der Waals surface area contributed by atoms with Crippen LogP contribution in [0.2, 0.25) is 0 Å². The molecule has 1 atom stereocenters. The topological polar surface area (TPSA) is 49.3 Å². The van der Waals surface area contributed by atoms with Gasteiger partial charge in [-0.1, -0.05) is 31.5 Å². The average molecular weight is 261 g/mol. The molecule has 0 spiro atoms. The number of carbonyl (C=O) groups is 1. The molecule has 104 valence electrons. The number of rotatable bonds is 6. The molecule has 0 aromatic heterocycles. The molecule has 1 aliphatic carbocycles. The Hall–Kier alpha value is -1.35. The van der Waals surface area contributed by atoms with Crippen molar-refractivity contribution in [2.45, 2.75) is 58.0 Å². The maximum absolute atomic E-state index is 11.4. The molecule has 3 heteroatoms. The first-order valence-corrected chi connectivity index (χ1v) is 7.14. The average Bonchev–Trinajstić information content (AvgIpc) is 2.84. The van der Waals surface area contributed by atoms with Gasteiger partial charge in [-0.2, -0.15) is 0 Å². The van der Waals surface area contributed by atoms with E-state index in [9.17, 15) is 9.90 Å². The molecule has 0 amide bonds. The number of carboxylic acids is 1. The molecular weight excluding hydrogens is 238 g/mol. The highest BCUT2D eigenvalue weighted by atomic mass is 16.4. The van der Waals surface area contributed by atoms with Gasteiger partial charge < -0.3 is 5.11 Å². The van der Waals surface area contributed by atoms with Gasteiger partial charge in [-0.25, -0.2) is 0 Å². The van der Waals surface area contributed by atoms with Gasteiger partial charge in [-0.05, 0) is 49.3 Å². The molecule has 0 bridgehead atoms. The molecule has 0 radical (unpaired) electrons. The molecule has 0 aliphatic heterocycles. The van der Waals surface area contributed by atoms with Crippen molar-refractivity contribution in [3.05, 3.63) is 34.9 Å². The van der Waals surface area contributed by atoms with Crippen molar-refractivity contribution >= 4 is 5.97 Å². The molecule has 0 fully saturated rings. The highest BCUT2D eigenvalue weighted by Gasteiger charge is 2.31. The Morgan fingerprint density at radius 2 is 2.11 bits per heavy atom. The Morgan fingerprint density at radius 1 is 1.37 bits per heavy atom. The van der Waals surface area contributed by atoms with Crippen LogP contribution in [0.4, 0.5) is 0 Å². The van der Waals surface area contributed by atoms with E-state index in [4.69, 9.17) is 0 Å². The second-order valence-electron chi connectivity index (χ2n) is 5.70. The van der Waals surface area contributed by atoms with Crippen molar-refractivity contribution in [3.8, 4) is 0 Å². The Morgan fingerprint density at radius 3 is 2.79 bits per heavy atom. The summed E-state index contributed by atoms with van der Waals surface area (Å²) in [6, 6.07) is 6.53. The molecule has 3 nitrogen and oxygen atoms in total. The van der Waals surface area contributed by atoms with Crippen molar-refractivity contribution in [2.24, 2.45) is 0 Å². The quantitative estimate of drug-likeness (QED) is 0.828. The smallest absolute Gasteiger partial charge is 0.323 e. The third kappa shape index (κ3) is 3.16. The van der Waals surface area contributed by atoms with Gasteiger partial charge >= 0.3 is 5.97 Å². The van der Waals surface area contributed by atoms with Crippen LogP contribution in [0.1, 0.15) is 49.8 Å². The maximum atomic E-state index is 11.4. The number of aryl methyl sites for hydroxylation is 2. The zero-order chi connectivity index (χ0) is 13.9. The third-order valence-corrected chi connectivity index (χ3v) is 4.07. The van der Waals surface area contributed by atoms with Gasteiger partial charge in [-0.3, -0.25) is 10.1 Å². The molecule has 0 saturated carbocycles. The van der Waals surface area contributed by atoms with Crippen LogP contribution in [0.5, 0.6) is 0 Å². The van der Waals surface area contributed by atoms with E-state index in [1.165, 1.54) is 29.5 Å². The molecule has 2 N–H and O–H groups in total. The number of fused-ring (bicyclic) bond motifs is 1. The normalized spacial score (nSPS) is 16.9. The van der Waals surface area contributed by atoms with E-state index in [-0.39, 0.29) is 0 Å². The van der Waals surface area contributed by atoms with Crippen LogP contribution in [0.25, 0.3) is 0 Å². The fourth-order valence-corrected chi connectivity index (χ4v) is 2.80. The summed E-state index contributed by atoms with van der Waals surface area (Å²) in [7, 11) is 0. The predicted octanol–water partition coefficient (Wildman–Crippen LogP) is 2.91. The summed E-state index contributed by atoms with van der Waals surface area (Å²) in [6.07, 6.45) is 5.10. The lowest BCUT2D eigenvalue weighted by Crippen LogP contribution is -2.48. The van der Waals surface area contributed by atoms with E-state index in [1.807, 2.05) is 6.92 Å². The molecular formula is C16H23NO2. The van der Waals surface area contributed by atoms with E-state index in [2.05, 4.69) is 23.5 Å². The summed E-state index contributed by atoms with van der Waals surface area (Å²) in [4.78, 5) is 11.4. The monoisotopic (exact) mass is 261 g/mol. The minimum atomic E-state index is -0.826. The standard InChI is InChI=1S/C16H23NO2/c1-3-9-16(2,15(18)19)17-11-12-7-8-13-5-4-6-14(13)10-12/h7-8,10,17H,3-6,9,11H2,1-2H3,(H,18,19). The predicted molar refractivity (Wildman–Crippen MR) is 76.3 cm³/mol. The van der Waals surface area contributed by atoms with Crippen LogP contribution in [-0.4, -0.2) is 16.6 Å². The SMILES string of the molecule is CCCC(C)(NCc1ccc2c(c1)CCC2)C(=O)O. The summed E-state index contributed by atoms with van der Waals surface area (Å²) in [5.74, 6) is -0.768. The first-order chi connectivity index (χ1) is 9.05. The number of nitrogens with one attached hydrogen (secondary N) is 1. The Labute approximate surface area is 115 Å². The van der Waals surface area contributed by atoms with E-state index < -0.39 is 11.5 Å². The minimum absolute atomic E-state index is 0.621. The second kappa shape index (κ2) is 5.74. The van der Waals surface area contributed by atoms with Crippen molar-refractivity contribution < 1.29 is 9.90 Å². The van der Waals surface area contributed by atoms with Crippen LogP contribution < -0.4 is 5.32 Å². The number of hydrogen-bond donors (Lipinski definition) is 2. The molecule has 1 aromatic carbocycles. The molecule has 19 heavy (non-hydrogen) atoms. The van der Waals surface area contributed by atoms with Crippen molar-refractivity contribution in [1.29, 1.82) is 0 Å². The van der Waals surface area contributed by atoms with E-state index in [0.29, 0.717) is 13.0 Å². The van der Waals surface area contributed by atoms with Gasteiger partial charge in [-0.15, -0.1) is 0 Å². The van der Waals surface area contributed by atoms with E-state index in [0.717, 1.165) is 12.8 Å². The summed E-state index contributed by atoms with van der Waals surface area (Å²) in [5, 5.41) is 12.5. The Balaban J connectivity index is 2.03. The molecule has 2 rings (SSSR count). The largest absolute Gasteiger partial charge is 0.480 e. The van der Waals surface area contributed by atoms with Crippen molar-refractivity contribution in [3.63, 3.8) is 0 Å². The van der Waals surface area contributed by atoms with Gasteiger partial charge in [0.2, 0.25) is 0 Å². The summed E-state index contributed by atoms with van der Waals surface area (Å²) in [6.45, 7) is 4.40. The number of carboxylic acid groups (broad SMARTS) is 1. The zero-order valence-corrected chi connectivity index (χ0v) is 11.8. The fraction of sp³-hybridized carbons (Fsp3) is 0.562. The van der Waals surface area contributed by atoms with Crippen LogP contribution in [0, 0.1) is 0 Å². The molecule has 1 aromatic rings. The van der Waals surface area contributed by atoms with E-state index >= 15 is 0 Å². The minimum Gasteiger partial charge on any atom is -0.480 e. The van der Waals surface area contributed by atoms with Gasteiger partial charge in [0.05, 0.1) is 0 Å². The summed E-state index contributed by atoms with van der Waals surface area (Å²) < 4.78 is 0. The van der Waals surface area contributed by atoms with Crippen LogP contribution in [0.3, 0.4) is 0 Å². The fourth-order valence-electron chi connectivity index (χ4n) is 2.80. The van der Waals surface area contributed by atoms with Crippen LogP contribution in [0.15, 0.2) is 18.2 Å². The number of benzene rings is 1. The zero-order valence-electron chi connectivity index (χ0n) is 11.8. The van der Waals surface area contributed by atoms with Crippen molar-refractivity contribution in [2.75, 3.05) is 0 Å². The number of aliphatic carboxylic acids is 1. The maximum Gasteiger partial charge on any atom is 0.323 e. The first-order valence-electron chi connectivity index (χ1n) is 7.14. The highest BCUT2D eigenvalue weighted by molar-refractivity contribution is 5.78. The lowest BCUT2D eigenvalue weighted by Gasteiger charge is -2.26. The summed E-state index contributed by atoms with van der Waals surface area (Å²) in [5.41, 5.74) is 3.25. The van der Waals surface area contributed by atoms with Gasteiger partial charge in [0.1, 0.15) is 5.54 Å². The van der Waals surface area contributed by atoms with Gasteiger partial charge in [0, 0.05) is 6.54 Å². The van der Waals surface area contributed by atoms with Gasteiger partial charge in [0.15, 0.2) is 0 Å². The molecule has 1 unspecified atom stereocenters. The first kappa shape index (κ1) is 14.1. The lowest BCUT2D eigenvalue weighted by molar-refractivity contribution is -0.144. The van der Waals surface area contributed by atoms with Crippen LogP contribution in [-0.2, 0) is 24.2 Å². The Kier molecular flexibility index (Phi) is 4.25. The number of hydrogen-bond acceptors (Lipinski definition) is 2. The van der Waals surface area contributed by atoms with Crippen molar-refractivity contribution in [1.82, 2.24) is 5.32 Å². The third-order valence-electron chi connectivity index (χ3n) is 4.07. The lowest BCUT2D eigenvalue weighted by atomic mass is 9.95. The van der Waals surface area contributed by atoms with Crippen LogP contribution >= 0.6 is 0 Å². The highest BCUT2D eigenvalue weighted by Crippen LogP contribution is 2.23. The summed E-state index contributed by atoms with van der Waals surface area (Å²) >= 11 is 0. The molecule has 1 aliphatic rings. The molecule has 0 saturated heterocycles. The van der Waals surface area contributed by atoms with Gasteiger partial charge in [0.25, 0.3) is 0 Å². The molecule has 0 heterocycles. The second-order valence-corrected chi connectivity index (χ2v) is 5.70. The van der Waals surface area contributed by atoms with E-state index in [1.54, 1.807) is 6.92 Å². The Bertz CT molecular complexity index is 470.